The van der Waals surface area contributed by atoms with Crippen molar-refractivity contribution < 1.29 is 4.79 Å². The van der Waals surface area contributed by atoms with E-state index in [2.05, 4.69) is 31.2 Å². The predicted molar refractivity (Wildman–Crippen MR) is 71.7 cm³/mol. The maximum Gasteiger partial charge on any atom is 0.274 e. The molecule has 0 aliphatic rings. The lowest BCUT2D eigenvalue weighted by atomic mass is 10.2. The van der Waals surface area contributed by atoms with Crippen LogP contribution >= 0.6 is 15.9 Å². The van der Waals surface area contributed by atoms with Crippen LogP contribution in [-0.4, -0.2) is 15.9 Å². The largest absolute Gasteiger partial charge is 0.365 e. The first-order valence-electron chi connectivity index (χ1n) is 5.16. The number of nitrogens with zero attached hydrogens (tertiary/aromatic N) is 2. The second kappa shape index (κ2) is 5.46. The molecule has 2 heterocycles. The van der Waals surface area contributed by atoms with Crippen LogP contribution in [0.25, 0.3) is 0 Å². The monoisotopic (exact) mass is 318 g/mol. The fourth-order valence-corrected chi connectivity index (χ4v) is 1.68. The Balaban J connectivity index is 2.23. The minimum atomic E-state index is -0.520. The molecule has 94 valence electrons. The molecule has 0 aliphatic heterocycles. The molecular formula is C12H7BrN4O2. The van der Waals surface area contributed by atoms with Gasteiger partial charge in [0.25, 0.3) is 5.91 Å². The summed E-state index contributed by atoms with van der Waals surface area (Å²) < 4.78 is 0.318. The quantitative estimate of drug-likeness (QED) is 0.879. The van der Waals surface area contributed by atoms with E-state index in [9.17, 15) is 9.59 Å². The van der Waals surface area contributed by atoms with E-state index < -0.39 is 5.91 Å². The van der Waals surface area contributed by atoms with Crippen LogP contribution in [0.3, 0.4) is 0 Å². The van der Waals surface area contributed by atoms with E-state index in [1.807, 2.05) is 6.07 Å². The third kappa shape index (κ3) is 2.86. The van der Waals surface area contributed by atoms with Crippen molar-refractivity contribution in [1.82, 2.24) is 9.97 Å². The highest BCUT2D eigenvalue weighted by molar-refractivity contribution is 9.10. The van der Waals surface area contributed by atoms with Crippen LogP contribution in [0, 0.1) is 11.3 Å². The molecule has 19 heavy (non-hydrogen) atoms. The van der Waals surface area contributed by atoms with E-state index in [0.29, 0.717) is 10.0 Å². The van der Waals surface area contributed by atoms with Crippen molar-refractivity contribution in [3.05, 3.63) is 56.7 Å². The minimum Gasteiger partial charge on any atom is -0.365 e. The Bertz CT molecular complexity index is 716. The summed E-state index contributed by atoms with van der Waals surface area (Å²) >= 11 is 3.06. The Kier molecular flexibility index (Phi) is 3.73. The zero-order chi connectivity index (χ0) is 13.8. The van der Waals surface area contributed by atoms with Crippen LogP contribution in [-0.2, 0) is 0 Å². The Labute approximate surface area is 116 Å². The molecule has 0 unspecified atom stereocenters. The number of nitriles is 1. The van der Waals surface area contributed by atoms with Gasteiger partial charge in [0, 0.05) is 18.6 Å². The van der Waals surface area contributed by atoms with Gasteiger partial charge in [0.2, 0.25) is 5.43 Å². The van der Waals surface area contributed by atoms with E-state index >= 15 is 0 Å². The third-order valence-corrected chi connectivity index (χ3v) is 2.86. The Morgan fingerprint density at radius 1 is 1.42 bits per heavy atom. The number of anilines is 1. The second-order valence-electron chi connectivity index (χ2n) is 3.54. The average molecular weight is 319 g/mol. The number of halogens is 1. The molecule has 0 fully saturated rings. The lowest BCUT2D eigenvalue weighted by Crippen LogP contribution is -2.19. The van der Waals surface area contributed by atoms with Gasteiger partial charge in [-0.1, -0.05) is 0 Å². The van der Waals surface area contributed by atoms with E-state index in [1.54, 1.807) is 0 Å². The highest BCUT2D eigenvalue weighted by Crippen LogP contribution is 2.07. The van der Waals surface area contributed by atoms with Gasteiger partial charge >= 0.3 is 0 Å². The van der Waals surface area contributed by atoms with Gasteiger partial charge in [-0.05, 0) is 28.1 Å². The van der Waals surface area contributed by atoms with Crippen molar-refractivity contribution in [2.75, 3.05) is 5.32 Å². The van der Waals surface area contributed by atoms with Crippen molar-refractivity contribution >= 4 is 27.5 Å². The number of H-pyrrole nitrogens is 1. The summed E-state index contributed by atoms with van der Waals surface area (Å²) in [5, 5.41) is 11.1. The SMILES string of the molecule is N#Cc1ccc(C(=O)Nc2c[nH]cc(Br)c2=O)nc1. The summed E-state index contributed by atoms with van der Waals surface area (Å²) in [4.78, 5) is 30.1. The number of nitrogens with one attached hydrogen (secondary N) is 2. The summed E-state index contributed by atoms with van der Waals surface area (Å²) in [7, 11) is 0. The van der Waals surface area contributed by atoms with Crippen molar-refractivity contribution in [3.8, 4) is 6.07 Å². The molecule has 0 radical (unpaired) electrons. The molecule has 2 N–H and O–H groups in total. The summed E-state index contributed by atoms with van der Waals surface area (Å²) in [6.45, 7) is 0. The van der Waals surface area contributed by atoms with Gasteiger partial charge in [-0.25, -0.2) is 4.98 Å². The van der Waals surface area contributed by atoms with Gasteiger partial charge in [0.15, 0.2) is 0 Å². The van der Waals surface area contributed by atoms with Crippen molar-refractivity contribution in [3.63, 3.8) is 0 Å². The van der Waals surface area contributed by atoms with Crippen LogP contribution in [0.1, 0.15) is 16.1 Å². The number of carbonyl (C=O) groups is 1. The number of amides is 1. The number of rotatable bonds is 2. The number of aromatic amines is 1. The smallest absolute Gasteiger partial charge is 0.274 e. The number of aromatic nitrogens is 2. The Morgan fingerprint density at radius 2 is 2.21 bits per heavy atom. The average Bonchev–Trinajstić information content (AvgIpc) is 2.44. The third-order valence-electron chi connectivity index (χ3n) is 2.27. The number of hydrogen-bond acceptors (Lipinski definition) is 4. The van der Waals surface area contributed by atoms with Gasteiger partial charge < -0.3 is 10.3 Å². The van der Waals surface area contributed by atoms with Crippen molar-refractivity contribution in [1.29, 1.82) is 5.26 Å². The molecular weight excluding hydrogens is 312 g/mol. The first-order chi connectivity index (χ1) is 9.11. The van der Waals surface area contributed by atoms with E-state index in [4.69, 9.17) is 5.26 Å². The van der Waals surface area contributed by atoms with Gasteiger partial charge in [-0.3, -0.25) is 9.59 Å². The molecule has 0 saturated carbocycles. The molecule has 0 atom stereocenters. The molecule has 0 spiro atoms. The van der Waals surface area contributed by atoms with Gasteiger partial charge in [-0.15, -0.1) is 0 Å². The van der Waals surface area contributed by atoms with Crippen LogP contribution in [0.2, 0.25) is 0 Å². The van der Waals surface area contributed by atoms with Crippen LogP contribution < -0.4 is 10.7 Å². The Morgan fingerprint density at radius 3 is 2.84 bits per heavy atom. The molecule has 0 aliphatic carbocycles. The molecule has 0 bridgehead atoms. The fourth-order valence-electron chi connectivity index (χ4n) is 1.33. The molecule has 7 heteroatoms. The standard InChI is InChI=1S/C12H7BrN4O2/c13-8-5-15-6-10(11(8)18)17-12(19)9-2-1-7(3-14)4-16-9/h1-2,4-6H,(H,15,18)(H,17,19). The molecule has 0 aromatic carbocycles. The molecule has 0 saturated heterocycles. The Hall–Kier alpha value is -2.46. The molecule has 6 nitrogen and oxygen atoms in total. The van der Waals surface area contributed by atoms with Crippen molar-refractivity contribution in [2.45, 2.75) is 0 Å². The summed E-state index contributed by atoms with van der Waals surface area (Å²) in [6.07, 6.45) is 4.15. The first-order valence-corrected chi connectivity index (χ1v) is 5.95. The zero-order valence-electron chi connectivity index (χ0n) is 9.48. The molecule has 2 aromatic heterocycles. The topological polar surface area (TPSA) is 98.6 Å². The maximum atomic E-state index is 11.9. The summed E-state index contributed by atoms with van der Waals surface area (Å²) in [5.41, 5.74) is 0.265. The van der Waals surface area contributed by atoms with Crippen molar-refractivity contribution in [2.24, 2.45) is 0 Å². The van der Waals surface area contributed by atoms with E-state index in [-0.39, 0.29) is 16.8 Å². The lowest BCUT2D eigenvalue weighted by Gasteiger charge is -2.04. The molecule has 1 amide bonds. The number of hydrogen-bond donors (Lipinski definition) is 2. The summed E-state index contributed by atoms with van der Waals surface area (Å²) in [6, 6.07) is 4.80. The molecule has 2 rings (SSSR count). The highest BCUT2D eigenvalue weighted by atomic mass is 79.9. The zero-order valence-corrected chi connectivity index (χ0v) is 11.1. The summed E-state index contributed by atoms with van der Waals surface area (Å²) in [5.74, 6) is -0.520. The number of carbonyl (C=O) groups excluding carboxylic acids is 1. The molecule has 2 aromatic rings. The lowest BCUT2D eigenvalue weighted by molar-refractivity contribution is 0.102. The normalized spacial score (nSPS) is 9.68. The van der Waals surface area contributed by atoms with E-state index in [1.165, 1.54) is 30.7 Å². The van der Waals surface area contributed by atoms with Crippen LogP contribution in [0.5, 0.6) is 0 Å². The van der Waals surface area contributed by atoms with Gasteiger partial charge in [0.1, 0.15) is 17.5 Å². The minimum absolute atomic E-state index is 0.116. The van der Waals surface area contributed by atoms with E-state index in [0.717, 1.165) is 0 Å². The second-order valence-corrected chi connectivity index (χ2v) is 4.40. The number of pyridine rings is 2. The first kappa shape index (κ1) is 13.0. The van der Waals surface area contributed by atoms with Crippen LogP contribution in [0.15, 0.2) is 40.0 Å². The highest BCUT2D eigenvalue weighted by Gasteiger charge is 2.10. The predicted octanol–water partition coefficient (Wildman–Crippen LogP) is 1.66. The fraction of sp³-hybridized carbons (Fsp3) is 0. The van der Waals surface area contributed by atoms with Crippen LogP contribution in [0.4, 0.5) is 5.69 Å². The van der Waals surface area contributed by atoms with Gasteiger partial charge in [-0.2, -0.15) is 5.26 Å². The maximum absolute atomic E-state index is 11.9. The van der Waals surface area contributed by atoms with Gasteiger partial charge in [0.05, 0.1) is 10.0 Å².